The lowest BCUT2D eigenvalue weighted by Gasteiger charge is -2.01. The van der Waals surface area contributed by atoms with Crippen molar-refractivity contribution in [3.63, 3.8) is 0 Å². The van der Waals surface area contributed by atoms with Crippen LogP contribution in [-0.2, 0) is 11.2 Å². The van der Waals surface area contributed by atoms with Crippen LogP contribution in [0.15, 0.2) is 34.9 Å². The molecule has 0 aliphatic heterocycles. The molecule has 140 valence electrons. The highest BCUT2D eigenvalue weighted by atomic mass is 32.1. The highest BCUT2D eigenvalue weighted by Crippen LogP contribution is 2.32. The third kappa shape index (κ3) is 3.90. The molecule has 0 saturated heterocycles. The van der Waals surface area contributed by atoms with E-state index in [0.29, 0.717) is 39.1 Å². The topological polar surface area (TPSA) is 94.3 Å². The molecule has 2 heterocycles. The number of nitrogens with zero attached hydrogens (tertiary/aromatic N) is 2. The minimum Gasteiger partial charge on any atom is -0.462 e. The third-order valence-corrected chi connectivity index (χ3v) is 4.80. The van der Waals surface area contributed by atoms with Gasteiger partial charge in [0, 0.05) is 5.56 Å². The second kappa shape index (κ2) is 8.13. The van der Waals surface area contributed by atoms with Crippen LogP contribution < -0.4 is 5.32 Å². The number of nitrogens with one attached hydrogen (secondary N) is 1. The van der Waals surface area contributed by atoms with Crippen LogP contribution in [0.4, 0.5) is 5.13 Å². The van der Waals surface area contributed by atoms with Crippen molar-refractivity contribution in [3.8, 4) is 11.3 Å². The van der Waals surface area contributed by atoms with E-state index in [0.717, 1.165) is 16.9 Å². The van der Waals surface area contributed by atoms with E-state index in [2.05, 4.69) is 15.5 Å². The monoisotopic (exact) mass is 385 g/mol. The van der Waals surface area contributed by atoms with E-state index in [-0.39, 0.29) is 12.5 Å². The number of anilines is 1. The Balaban J connectivity index is 1.95. The van der Waals surface area contributed by atoms with Gasteiger partial charge in [-0.05, 0) is 20.3 Å². The zero-order valence-electron chi connectivity index (χ0n) is 15.2. The number of hydrogen-bond acceptors (Lipinski definition) is 7. The Bertz CT molecular complexity index is 963. The first-order valence-electron chi connectivity index (χ1n) is 8.55. The predicted molar refractivity (Wildman–Crippen MR) is 102 cm³/mol. The Kier molecular flexibility index (Phi) is 5.66. The maximum absolute atomic E-state index is 12.7. The molecule has 27 heavy (non-hydrogen) atoms. The summed E-state index contributed by atoms with van der Waals surface area (Å²) in [7, 11) is 0. The number of thiazole rings is 1. The van der Waals surface area contributed by atoms with Gasteiger partial charge >= 0.3 is 5.97 Å². The molecule has 7 nitrogen and oxygen atoms in total. The largest absolute Gasteiger partial charge is 0.462 e. The lowest BCUT2D eigenvalue weighted by molar-refractivity contribution is 0.0532. The number of ether oxygens (including phenoxy) is 1. The van der Waals surface area contributed by atoms with Crippen LogP contribution in [0.25, 0.3) is 11.3 Å². The van der Waals surface area contributed by atoms with Crippen LogP contribution in [-0.4, -0.2) is 28.6 Å². The number of rotatable bonds is 6. The molecule has 1 N–H and O–H groups in total. The fraction of sp³-hybridized carbons (Fsp3) is 0.263. The van der Waals surface area contributed by atoms with E-state index >= 15 is 0 Å². The molecule has 0 spiro atoms. The van der Waals surface area contributed by atoms with Crippen molar-refractivity contribution in [1.82, 2.24) is 10.1 Å². The van der Waals surface area contributed by atoms with Gasteiger partial charge < -0.3 is 9.26 Å². The summed E-state index contributed by atoms with van der Waals surface area (Å²) in [4.78, 5) is 29.8. The van der Waals surface area contributed by atoms with Gasteiger partial charge in [-0.2, -0.15) is 0 Å². The van der Waals surface area contributed by atoms with Gasteiger partial charge in [0.05, 0.1) is 18.0 Å². The number of esters is 1. The Hall–Kier alpha value is -3.00. The summed E-state index contributed by atoms with van der Waals surface area (Å²) < 4.78 is 10.2. The number of carbonyl (C=O) groups excluding carboxylic acids is 2. The molecule has 0 unspecified atom stereocenters. The Morgan fingerprint density at radius 3 is 2.63 bits per heavy atom. The maximum atomic E-state index is 12.7. The smallest absolute Gasteiger partial charge is 0.350 e. The highest BCUT2D eigenvalue weighted by molar-refractivity contribution is 7.18. The lowest BCUT2D eigenvalue weighted by Crippen LogP contribution is -2.14. The fourth-order valence-corrected chi connectivity index (χ4v) is 3.49. The standard InChI is InChI=1S/C19H19N3O4S/c1-4-13-14(11(3)26-22-13)17(23)21-19-20-15(12-9-7-6-8-10-12)16(27-19)18(24)25-5-2/h6-10H,4-5H2,1-3H3,(H,20,21,23). The van der Waals surface area contributed by atoms with Crippen molar-refractivity contribution in [3.05, 3.63) is 52.2 Å². The quantitative estimate of drug-likeness (QED) is 0.642. The van der Waals surface area contributed by atoms with Gasteiger partial charge in [0.15, 0.2) is 5.13 Å². The summed E-state index contributed by atoms with van der Waals surface area (Å²) in [5.74, 6) is -0.395. The zero-order chi connectivity index (χ0) is 19.4. The molecular formula is C19H19N3O4S. The summed E-state index contributed by atoms with van der Waals surface area (Å²) >= 11 is 1.08. The Labute approximate surface area is 160 Å². The van der Waals surface area contributed by atoms with Crippen molar-refractivity contribution in [1.29, 1.82) is 0 Å². The van der Waals surface area contributed by atoms with Gasteiger partial charge in [-0.15, -0.1) is 0 Å². The van der Waals surface area contributed by atoms with E-state index in [9.17, 15) is 9.59 Å². The van der Waals surface area contributed by atoms with Gasteiger partial charge in [0.1, 0.15) is 16.2 Å². The predicted octanol–water partition coefficient (Wildman–Crippen LogP) is 4.10. The van der Waals surface area contributed by atoms with Crippen molar-refractivity contribution < 1.29 is 18.8 Å². The third-order valence-electron chi connectivity index (χ3n) is 3.85. The van der Waals surface area contributed by atoms with Gasteiger partial charge in [-0.3, -0.25) is 10.1 Å². The molecule has 0 saturated carbocycles. The molecule has 0 bridgehead atoms. The molecule has 0 aliphatic carbocycles. The second-order valence-corrected chi connectivity index (χ2v) is 6.65. The maximum Gasteiger partial charge on any atom is 0.350 e. The first-order chi connectivity index (χ1) is 13.0. The second-order valence-electron chi connectivity index (χ2n) is 5.65. The first-order valence-corrected chi connectivity index (χ1v) is 9.36. The average molecular weight is 385 g/mol. The van der Waals surface area contributed by atoms with E-state index in [1.54, 1.807) is 13.8 Å². The molecule has 3 aromatic rings. The summed E-state index contributed by atoms with van der Waals surface area (Å²) in [5, 5.41) is 6.95. The number of benzene rings is 1. The van der Waals surface area contributed by atoms with Crippen LogP contribution in [0.1, 0.15) is 45.3 Å². The molecule has 0 aliphatic rings. The van der Waals surface area contributed by atoms with Crippen LogP contribution in [0.2, 0.25) is 0 Å². The normalized spacial score (nSPS) is 10.6. The molecule has 0 radical (unpaired) electrons. The highest BCUT2D eigenvalue weighted by Gasteiger charge is 2.24. The van der Waals surface area contributed by atoms with Crippen LogP contribution in [0, 0.1) is 6.92 Å². The SMILES string of the molecule is CCOC(=O)c1sc(NC(=O)c2c(CC)noc2C)nc1-c1ccccc1. The minimum atomic E-state index is -0.468. The Morgan fingerprint density at radius 1 is 1.22 bits per heavy atom. The van der Waals surface area contributed by atoms with Gasteiger partial charge in [-0.25, -0.2) is 9.78 Å². The molecule has 0 atom stereocenters. The van der Waals surface area contributed by atoms with Gasteiger partial charge in [-0.1, -0.05) is 53.7 Å². The minimum absolute atomic E-state index is 0.256. The number of aromatic nitrogens is 2. The summed E-state index contributed by atoms with van der Waals surface area (Å²) in [6, 6.07) is 9.29. The molecule has 8 heteroatoms. The van der Waals surface area contributed by atoms with E-state index in [1.165, 1.54) is 0 Å². The first kappa shape index (κ1) is 18.8. The molecule has 1 amide bonds. The van der Waals surface area contributed by atoms with Crippen molar-refractivity contribution in [2.45, 2.75) is 27.2 Å². The van der Waals surface area contributed by atoms with E-state index in [4.69, 9.17) is 9.26 Å². The summed E-state index contributed by atoms with van der Waals surface area (Å²) in [6.07, 6.45) is 0.571. The number of amides is 1. The number of aryl methyl sites for hydroxylation is 2. The van der Waals surface area contributed by atoms with E-state index in [1.807, 2.05) is 37.3 Å². The fourth-order valence-electron chi connectivity index (χ4n) is 2.61. The molecule has 3 rings (SSSR count). The number of hydrogen-bond donors (Lipinski definition) is 1. The van der Waals surface area contributed by atoms with Crippen LogP contribution in [0.5, 0.6) is 0 Å². The Morgan fingerprint density at radius 2 is 1.96 bits per heavy atom. The number of carbonyl (C=O) groups is 2. The van der Waals surface area contributed by atoms with Gasteiger partial charge in [0.2, 0.25) is 0 Å². The van der Waals surface area contributed by atoms with Crippen molar-refractivity contribution >= 4 is 28.3 Å². The molecule has 0 fully saturated rings. The molecule has 1 aromatic carbocycles. The lowest BCUT2D eigenvalue weighted by atomic mass is 10.1. The van der Waals surface area contributed by atoms with Gasteiger partial charge in [0.25, 0.3) is 5.91 Å². The average Bonchev–Trinajstić information content (AvgIpc) is 3.26. The summed E-state index contributed by atoms with van der Waals surface area (Å²) in [6.45, 7) is 5.57. The van der Waals surface area contributed by atoms with Crippen molar-refractivity contribution in [2.24, 2.45) is 0 Å². The molecule has 2 aromatic heterocycles. The van der Waals surface area contributed by atoms with Crippen LogP contribution in [0.3, 0.4) is 0 Å². The van der Waals surface area contributed by atoms with Crippen LogP contribution >= 0.6 is 11.3 Å². The molecular weight excluding hydrogens is 366 g/mol. The summed E-state index contributed by atoms with van der Waals surface area (Å²) in [5.41, 5.74) is 2.22. The van der Waals surface area contributed by atoms with Crippen molar-refractivity contribution in [2.75, 3.05) is 11.9 Å². The zero-order valence-corrected chi connectivity index (χ0v) is 16.1. The van der Waals surface area contributed by atoms with E-state index < -0.39 is 5.97 Å².